The Labute approximate surface area is 271 Å². The van der Waals surface area contributed by atoms with Crippen molar-refractivity contribution in [3.05, 3.63) is 88.3 Å². The number of fused-ring (bicyclic) bond motifs is 1. The minimum absolute atomic E-state index is 0.241. The van der Waals surface area contributed by atoms with Crippen LogP contribution >= 0.6 is 23.1 Å². The molecule has 11 heteroatoms. The molecule has 0 saturated carbocycles. The molecule has 3 aromatic rings. The van der Waals surface area contributed by atoms with Gasteiger partial charge in [-0.3, -0.25) is 19.3 Å². The Hall–Kier alpha value is -3.93. The van der Waals surface area contributed by atoms with E-state index in [1.165, 1.54) is 28.7 Å². The smallest absolute Gasteiger partial charge is 0.341 e. The van der Waals surface area contributed by atoms with Gasteiger partial charge in [0.15, 0.2) is 0 Å². The summed E-state index contributed by atoms with van der Waals surface area (Å²) in [6.45, 7) is 6.08. The molecule has 1 aliphatic carbocycles. The molecule has 2 aromatic carbocycles. The number of thiophene rings is 1. The van der Waals surface area contributed by atoms with E-state index in [0.29, 0.717) is 42.1 Å². The summed E-state index contributed by atoms with van der Waals surface area (Å²) in [4.78, 5) is 55.2. The summed E-state index contributed by atoms with van der Waals surface area (Å²) in [6.07, 6.45) is 5.03. The van der Waals surface area contributed by atoms with Crippen LogP contribution in [-0.4, -0.2) is 52.2 Å². The summed E-state index contributed by atoms with van der Waals surface area (Å²) in [5, 5.41) is 15.4. The first-order chi connectivity index (χ1) is 21.7. The van der Waals surface area contributed by atoms with Crippen molar-refractivity contribution in [2.24, 2.45) is 11.8 Å². The molecule has 1 aromatic heterocycles. The zero-order valence-electron chi connectivity index (χ0n) is 25.3. The van der Waals surface area contributed by atoms with Gasteiger partial charge >= 0.3 is 11.9 Å². The van der Waals surface area contributed by atoms with E-state index in [1.54, 1.807) is 38.1 Å². The molecule has 3 N–H and O–H groups in total. The van der Waals surface area contributed by atoms with Gasteiger partial charge in [0, 0.05) is 35.1 Å². The Morgan fingerprint density at radius 3 is 2.53 bits per heavy atom. The van der Waals surface area contributed by atoms with E-state index in [4.69, 9.17) is 4.74 Å². The summed E-state index contributed by atoms with van der Waals surface area (Å²) >= 11 is 2.76. The van der Waals surface area contributed by atoms with Crippen LogP contribution in [0.1, 0.15) is 53.1 Å². The lowest BCUT2D eigenvalue weighted by atomic mass is 9.82. The summed E-state index contributed by atoms with van der Waals surface area (Å²) in [5.41, 5.74) is 3.15. The van der Waals surface area contributed by atoms with Crippen LogP contribution in [0.4, 0.5) is 10.7 Å². The molecule has 0 saturated heterocycles. The number of ether oxygens (including phenoxy) is 1. The highest BCUT2D eigenvalue weighted by molar-refractivity contribution is 8.00. The van der Waals surface area contributed by atoms with Gasteiger partial charge in [0.25, 0.3) is 0 Å². The van der Waals surface area contributed by atoms with Crippen LogP contribution in [0.15, 0.2) is 71.6 Å². The number of carboxylic acid groups (broad SMARTS) is 1. The monoisotopic (exact) mass is 647 g/mol. The maximum absolute atomic E-state index is 13.4. The fourth-order valence-corrected chi connectivity index (χ4v) is 7.88. The number of carboxylic acids is 1. The van der Waals surface area contributed by atoms with Crippen molar-refractivity contribution < 1.29 is 29.0 Å². The Bertz CT molecular complexity index is 1590. The van der Waals surface area contributed by atoms with Crippen molar-refractivity contribution in [1.29, 1.82) is 0 Å². The van der Waals surface area contributed by atoms with E-state index in [1.807, 2.05) is 30.3 Å². The highest BCUT2D eigenvalue weighted by Crippen LogP contribution is 2.39. The first kappa shape index (κ1) is 32.5. The Balaban J connectivity index is 1.25. The second-order valence-corrected chi connectivity index (χ2v) is 13.7. The van der Waals surface area contributed by atoms with Crippen LogP contribution in [0.3, 0.4) is 0 Å². The van der Waals surface area contributed by atoms with Gasteiger partial charge in [0.1, 0.15) is 5.00 Å². The average Bonchev–Trinajstić information content (AvgIpc) is 3.38. The molecule has 2 aliphatic rings. The lowest BCUT2D eigenvalue weighted by Gasteiger charge is -2.27. The highest BCUT2D eigenvalue weighted by Gasteiger charge is 2.34. The zero-order valence-corrected chi connectivity index (χ0v) is 26.9. The van der Waals surface area contributed by atoms with Gasteiger partial charge in [0.2, 0.25) is 11.8 Å². The molecule has 0 fully saturated rings. The quantitative estimate of drug-likeness (QED) is 0.128. The minimum atomic E-state index is -0.981. The molecule has 45 heavy (non-hydrogen) atoms. The van der Waals surface area contributed by atoms with Crippen molar-refractivity contribution in [3.63, 3.8) is 0 Å². The number of hydrogen-bond donors (Lipinski definition) is 3. The van der Waals surface area contributed by atoms with Crippen LogP contribution in [0.2, 0.25) is 0 Å². The third-order valence-corrected chi connectivity index (χ3v) is 10.2. The molecular formula is C34H37N3O6S2. The second-order valence-electron chi connectivity index (χ2n) is 11.1. The van der Waals surface area contributed by atoms with Crippen LogP contribution < -0.4 is 10.6 Å². The van der Waals surface area contributed by atoms with Gasteiger partial charge in [0.05, 0.1) is 29.3 Å². The molecule has 5 rings (SSSR count). The van der Waals surface area contributed by atoms with Crippen molar-refractivity contribution in [2.75, 3.05) is 23.8 Å². The summed E-state index contributed by atoms with van der Waals surface area (Å²) in [6, 6.07) is 17.4. The number of nitrogens with zero attached hydrogens (tertiary/aromatic N) is 1. The van der Waals surface area contributed by atoms with Crippen molar-refractivity contribution in [1.82, 2.24) is 4.90 Å². The van der Waals surface area contributed by atoms with Crippen LogP contribution in [0.25, 0.3) is 0 Å². The number of carbonyl (C=O) groups excluding carboxylic acids is 3. The Kier molecular flexibility index (Phi) is 10.7. The molecule has 236 valence electrons. The number of allylic oxidation sites excluding steroid dienone is 2. The fraction of sp³-hybridized carbons (Fsp3) is 0.353. The molecule has 0 bridgehead atoms. The van der Waals surface area contributed by atoms with E-state index < -0.39 is 29.0 Å². The number of benzene rings is 2. The number of thioether (sulfide) groups is 1. The minimum Gasteiger partial charge on any atom is -0.481 e. The molecule has 3 unspecified atom stereocenters. The van der Waals surface area contributed by atoms with Gasteiger partial charge in [-0.05, 0) is 62.4 Å². The van der Waals surface area contributed by atoms with Gasteiger partial charge in [-0.2, -0.15) is 0 Å². The number of aliphatic carboxylic acids is 1. The SMILES string of the molecule is CCOC(=O)c1c(NC(=O)C(C)Sc2cccc(NC(=O)C3CC=CCC3C(=O)O)c2)sc2c1CCN(Cc1ccccc1)C2. The molecule has 9 nitrogen and oxygen atoms in total. The predicted octanol–water partition coefficient (Wildman–Crippen LogP) is 6.21. The van der Waals surface area contributed by atoms with E-state index in [-0.39, 0.29) is 18.4 Å². The maximum atomic E-state index is 13.4. The fourth-order valence-electron chi connectivity index (χ4n) is 5.67. The van der Waals surface area contributed by atoms with Crippen molar-refractivity contribution in [2.45, 2.75) is 56.3 Å². The van der Waals surface area contributed by atoms with Crippen molar-refractivity contribution in [3.8, 4) is 0 Å². The number of nitrogens with one attached hydrogen (secondary N) is 2. The van der Waals surface area contributed by atoms with E-state index in [2.05, 4.69) is 27.7 Å². The average molecular weight is 648 g/mol. The van der Waals surface area contributed by atoms with Gasteiger partial charge in [-0.1, -0.05) is 48.6 Å². The van der Waals surface area contributed by atoms with Crippen LogP contribution in [0.5, 0.6) is 0 Å². The topological polar surface area (TPSA) is 125 Å². The lowest BCUT2D eigenvalue weighted by Crippen LogP contribution is -2.34. The third kappa shape index (κ3) is 8.02. The maximum Gasteiger partial charge on any atom is 0.341 e. The number of rotatable bonds is 11. The van der Waals surface area contributed by atoms with E-state index >= 15 is 0 Å². The number of amides is 2. The Morgan fingerprint density at radius 1 is 1.04 bits per heavy atom. The molecule has 3 atom stereocenters. The first-order valence-corrected chi connectivity index (χ1v) is 16.8. The molecular weight excluding hydrogens is 611 g/mol. The molecule has 2 heterocycles. The number of hydrogen-bond acceptors (Lipinski definition) is 8. The summed E-state index contributed by atoms with van der Waals surface area (Å²) in [7, 11) is 0. The standard InChI is InChI=1S/C34H37N3O6S2/c1-3-43-34(42)29-27-16-17-37(19-22-10-5-4-6-11-22)20-28(27)45-32(29)36-30(38)21(2)44-24-13-9-12-23(18-24)35-31(39)25-14-7-8-15-26(25)33(40)41/h4-13,18,21,25-26H,3,14-17,19-20H2,1-2H3,(H,35,39)(H,36,38)(H,40,41). The molecule has 2 amide bonds. The van der Waals surface area contributed by atoms with Gasteiger partial charge in [-0.15, -0.1) is 23.1 Å². The zero-order chi connectivity index (χ0) is 31.9. The number of carbonyl (C=O) groups is 4. The van der Waals surface area contributed by atoms with E-state index in [9.17, 15) is 24.3 Å². The number of anilines is 2. The molecule has 0 radical (unpaired) electrons. The Morgan fingerprint density at radius 2 is 1.80 bits per heavy atom. The van der Waals surface area contributed by atoms with Crippen molar-refractivity contribution >= 4 is 57.5 Å². The third-order valence-electron chi connectivity index (χ3n) is 7.97. The normalized spacial score (nSPS) is 18.4. The number of esters is 1. The highest BCUT2D eigenvalue weighted by atomic mass is 32.2. The van der Waals surface area contributed by atoms with Crippen LogP contribution in [0, 0.1) is 11.8 Å². The van der Waals surface area contributed by atoms with Crippen LogP contribution in [-0.2, 0) is 38.6 Å². The molecule has 1 aliphatic heterocycles. The largest absolute Gasteiger partial charge is 0.481 e. The predicted molar refractivity (Wildman–Crippen MR) is 177 cm³/mol. The van der Waals surface area contributed by atoms with E-state index in [0.717, 1.165) is 28.4 Å². The lowest BCUT2D eigenvalue weighted by molar-refractivity contribution is -0.146. The molecule has 0 spiro atoms. The second kappa shape index (κ2) is 14.9. The summed E-state index contributed by atoms with van der Waals surface area (Å²) < 4.78 is 5.39. The first-order valence-electron chi connectivity index (χ1n) is 15.1. The summed E-state index contributed by atoms with van der Waals surface area (Å²) in [5.74, 6) is -3.40. The van der Waals surface area contributed by atoms with Gasteiger partial charge in [-0.25, -0.2) is 4.79 Å². The van der Waals surface area contributed by atoms with Gasteiger partial charge < -0.3 is 20.5 Å².